The first-order chi connectivity index (χ1) is 10.5. The molecule has 1 aliphatic heterocycles. The Morgan fingerprint density at radius 2 is 2.09 bits per heavy atom. The average Bonchev–Trinajstić information content (AvgIpc) is 2.81. The van der Waals surface area contributed by atoms with Crippen molar-refractivity contribution in [1.82, 2.24) is 4.90 Å². The summed E-state index contributed by atoms with van der Waals surface area (Å²) in [5.74, 6) is 2.32. The van der Waals surface area contributed by atoms with Crippen LogP contribution >= 0.6 is 0 Å². The third-order valence-corrected chi connectivity index (χ3v) is 6.76. The average molecular weight is 301 g/mol. The van der Waals surface area contributed by atoms with E-state index in [0.29, 0.717) is 17.9 Å². The second-order valence-electron chi connectivity index (χ2n) is 7.83. The number of aliphatic hydroxyl groups excluding tert-OH is 1. The maximum atomic E-state index is 10.5. The number of piperidine rings is 1. The van der Waals surface area contributed by atoms with E-state index in [2.05, 4.69) is 37.1 Å². The van der Waals surface area contributed by atoms with Crippen LogP contribution in [0, 0.1) is 17.3 Å². The topological polar surface area (TPSA) is 32.7 Å². The van der Waals surface area contributed by atoms with Gasteiger partial charge in [-0.3, -0.25) is 4.90 Å². The fraction of sp³-hybridized carbons (Fsp3) is 0.684. The monoisotopic (exact) mass is 301 g/mol. The van der Waals surface area contributed by atoms with Gasteiger partial charge in [-0.15, -0.1) is 0 Å². The minimum Gasteiger partial charge on any atom is -0.497 e. The number of fused-ring (bicyclic) bond motifs is 5. The summed E-state index contributed by atoms with van der Waals surface area (Å²) in [6.07, 6.45) is 4.43. The van der Waals surface area contributed by atoms with Gasteiger partial charge in [-0.2, -0.15) is 0 Å². The van der Waals surface area contributed by atoms with Crippen LogP contribution in [0.5, 0.6) is 5.75 Å². The lowest BCUT2D eigenvalue weighted by Gasteiger charge is -2.54. The van der Waals surface area contributed by atoms with Gasteiger partial charge in [-0.25, -0.2) is 0 Å². The molecule has 3 heteroatoms. The van der Waals surface area contributed by atoms with Gasteiger partial charge >= 0.3 is 0 Å². The molecule has 1 saturated heterocycles. The lowest BCUT2D eigenvalue weighted by atomic mass is 9.61. The molecule has 0 spiro atoms. The number of ether oxygens (including phenoxy) is 1. The van der Waals surface area contributed by atoms with Crippen molar-refractivity contribution in [1.29, 1.82) is 0 Å². The molecule has 3 aliphatic rings. The van der Waals surface area contributed by atoms with E-state index in [4.69, 9.17) is 4.74 Å². The summed E-state index contributed by atoms with van der Waals surface area (Å²) < 4.78 is 5.40. The normalized spacial score (nSPS) is 40.7. The van der Waals surface area contributed by atoms with Crippen LogP contribution < -0.4 is 4.74 Å². The molecule has 0 bridgehead atoms. The van der Waals surface area contributed by atoms with Crippen LogP contribution in [0.3, 0.4) is 0 Å². The molecule has 1 N–H and O–H groups in total. The van der Waals surface area contributed by atoms with Crippen LogP contribution in [-0.2, 0) is 6.42 Å². The lowest BCUT2D eigenvalue weighted by molar-refractivity contribution is -0.0756. The van der Waals surface area contributed by atoms with Crippen molar-refractivity contribution in [3.8, 4) is 5.75 Å². The number of likely N-dealkylation sites (tertiary alicyclic amines) is 1. The van der Waals surface area contributed by atoms with Crippen LogP contribution in [0.4, 0.5) is 0 Å². The van der Waals surface area contributed by atoms with E-state index in [0.717, 1.165) is 25.1 Å². The Labute approximate surface area is 133 Å². The Bertz CT molecular complexity index is 587. The third kappa shape index (κ3) is 1.88. The standard InChI is InChI=1S/C19H27NO2/c1-19-11-20(2)18-14-7-5-13(22-3)10-12(14)4-6-15(18)16(19)8-9-17(19)21/h5,7,10,15-18,21H,4,6,8-9,11H2,1-3H3. The summed E-state index contributed by atoms with van der Waals surface area (Å²) in [5, 5.41) is 10.5. The molecule has 0 radical (unpaired) electrons. The van der Waals surface area contributed by atoms with Crippen molar-refractivity contribution < 1.29 is 9.84 Å². The number of hydrogen-bond acceptors (Lipinski definition) is 3. The predicted molar refractivity (Wildman–Crippen MR) is 87.0 cm³/mol. The van der Waals surface area contributed by atoms with Crippen LogP contribution in [0.25, 0.3) is 0 Å². The van der Waals surface area contributed by atoms with Gasteiger partial charge in [0.05, 0.1) is 13.2 Å². The number of hydrogen-bond donors (Lipinski definition) is 1. The molecule has 2 aliphatic carbocycles. The zero-order valence-electron chi connectivity index (χ0n) is 13.9. The Hall–Kier alpha value is -1.06. The summed E-state index contributed by atoms with van der Waals surface area (Å²) in [6.45, 7) is 3.32. The van der Waals surface area contributed by atoms with Crippen LogP contribution in [0.1, 0.15) is 43.4 Å². The van der Waals surface area contributed by atoms with Crippen LogP contribution in [-0.4, -0.2) is 36.8 Å². The lowest BCUT2D eigenvalue weighted by Crippen LogP contribution is -2.54. The molecule has 1 saturated carbocycles. The SMILES string of the molecule is COc1ccc2c(c1)CCC1C2N(C)CC2(C)C(O)CCC12. The number of rotatable bonds is 1. The fourth-order valence-corrected chi connectivity index (χ4v) is 5.72. The first-order valence-corrected chi connectivity index (χ1v) is 8.59. The van der Waals surface area contributed by atoms with Crippen molar-refractivity contribution in [3.63, 3.8) is 0 Å². The second-order valence-corrected chi connectivity index (χ2v) is 7.83. The molecule has 3 nitrogen and oxygen atoms in total. The quantitative estimate of drug-likeness (QED) is 0.865. The van der Waals surface area contributed by atoms with E-state index in [1.165, 1.54) is 24.0 Å². The van der Waals surface area contributed by atoms with Crippen LogP contribution in [0.15, 0.2) is 18.2 Å². The molecule has 22 heavy (non-hydrogen) atoms. The van der Waals surface area contributed by atoms with Gasteiger partial charge in [0, 0.05) is 18.0 Å². The predicted octanol–water partition coefficient (Wildman–Crippen LogP) is 3.02. The number of aryl methyl sites for hydroxylation is 1. The van der Waals surface area contributed by atoms with Gasteiger partial charge in [-0.1, -0.05) is 13.0 Å². The van der Waals surface area contributed by atoms with Crippen molar-refractivity contribution >= 4 is 0 Å². The molecule has 1 aromatic rings. The molecule has 1 heterocycles. The number of methoxy groups -OCH3 is 1. The van der Waals surface area contributed by atoms with Crippen molar-refractivity contribution in [2.45, 2.75) is 44.8 Å². The van der Waals surface area contributed by atoms with Crippen molar-refractivity contribution in [2.24, 2.45) is 17.3 Å². The highest BCUT2D eigenvalue weighted by molar-refractivity contribution is 5.40. The molecule has 5 unspecified atom stereocenters. The minimum absolute atomic E-state index is 0.0832. The summed E-state index contributed by atoms with van der Waals surface area (Å²) in [5.41, 5.74) is 3.03. The molecule has 120 valence electrons. The highest BCUT2D eigenvalue weighted by Gasteiger charge is 2.56. The van der Waals surface area contributed by atoms with E-state index in [1.807, 2.05) is 0 Å². The zero-order chi connectivity index (χ0) is 15.5. The first-order valence-electron chi connectivity index (χ1n) is 8.59. The molecule has 1 aromatic carbocycles. The van der Waals surface area contributed by atoms with Crippen molar-refractivity contribution in [2.75, 3.05) is 20.7 Å². The highest BCUT2D eigenvalue weighted by atomic mass is 16.5. The second kappa shape index (κ2) is 4.97. The van der Waals surface area contributed by atoms with Gasteiger partial charge in [-0.05, 0) is 67.8 Å². The smallest absolute Gasteiger partial charge is 0.119 e. The number of aliphatic hydroxyl groups is 1. The van der Waals surface area contributed by atoms with E-state index >= 15 is 0 Å². The Balaban J connectivity index is 1.73. The molecule has 4 rings (SSSR count). The van der Waals surface area contributed by atoms with E-state index in [1.54, 1.807) is 7.11 Å². The first kappa shape index (κ1) is 14.5. The highest BCUT2D eigenvalue weighted by Crippen LogP contribution is 2.58. The molecule has 5 atom stereocenters. The number of nitrogens with zero attached hydrogens (tertiary/aromatic N) is 1. The minimum atomic E-state index is -0.127. The Kier molecular flexibility index (Phi) is 3.28. The number of benzene rings is 1. The van der Waals surface area contributed by atoms with Gasteiger partial charge in [0.2, 0.25) is 0 Å². The van der Waals surface area contributed by atoms with E-state index in [-0.39, 0.29) is 11.5 Å². The fourth-order valence-electron chi connectivity index (χ4n) is 5.72. The zero-order valence-corrected chi connectivity index (χ0v) is 13.9. The van der Waals surface area contributed by atoms with Gasteiger partial charge < -0.3 is 9.84 Å². The molecule has 0 amide bonds. The molecular formula is C19H27NO2. The summed E-state index contributed by atoms with van der Waals surface area (Å²) in [4.78, 5) is 2.50. The molecule has 0 aromatic heterocycles. The van der Waals surface area contributed by atoms with Gasteiger partial charge in [0.1, 0.15) is 5.75 Å². The van der Waals surface area contributed by atoms with Gasteiger partial charge in [0.15, 0.2) is 0 Å². The molecule has 2 fully saturated rings. The summed E-state index contributed by atoms with van der Waals surface area (Å²) in [7, 11) is 3.98. The van der Waals surface area contributed by atoms with Crippen molar-refractivity contribution in [3.05, 3.63) is 29.3 Å². The Morgan fingerprint density at radius 1 is 1.27 bits per heavy atom. The van der Waals surface area contributed by atoms with Crippen LogP contribution in [0.2, 0.25) is 0 Å². The largest absolute Gasteiger partial charge is 0.497 e. The molecular weight excluding hydrogens is 274 g/mol. The summed E-state index contributed by atoms with van der Waals surface area (Å²) >= 11 is 0. The van der Waals surface area contributed by atoms with Gasteiger partial charge in [0.25, 0.3) is 0 Å². The van der Waals surface area contributed by atoms with E-state index in [9.17, 15) is 5.11 Å². The maximum absolute atomic E-state index is 10.5. The third-order valence-electron chi connectivity index (χ3n) is 6.76. The Morgan fingerprint density at radius 3 is 2.86 bits per heavy atom. The maximum Gasteiger partial charge on any atom is 0.119 e. The summed E-state index contributed by atoms with van der Waals surface area (Å²) in [6, 6.07) is 7.11. The van der Waals surface area contributed by atoms with E-state index < -0.39 is 0 Å².